The molecule has 2 nitrogen and oxygen atoms in total. The lowest BCUT2D eigenvalue weighted by atomic mass is 9.95. The number of benzene rings is 1. The number of aryl methyl sites for hydroxylation is 1. The number of fused-ring (bicyclic) bond motifs is 1. The lowest BCUT2D eigenvalue weighted by Crippen LogP contribution is -2.40. The zero-order chi connectivity index (χ0) is 11.7. The molecule has 92 valence electrons. The summed E-state index contributed by atoms with van der Waals surface area (Å²) in [7, 11) is 0. The van der Waals surface area contributed by atoms with Crippen LogP contribution in [0.3, 0.4) is 0 Å². The van der Waals surface area contributed by atoms with Gasteiger partial charge in [0.25, 0.3) is 0 Å². The van der Waals surface area contributed by atoms with Gasteiger partial charge in [-0.05, 0) is 55.8 Å². The zero-order valence-electron chi connectivity index (χ0n) is 10.4. The molecule has 1 heterocycles. The molecule has 1 fully saturated rings. The summed E-state index contributed by atoms with van der Waals surface area (Å²) in [6.45, 7) is 3.32. The van der Waals surface area contributed by atoms with E-state index in [-0.39, 0.29) is 0 Å². The van der Waals surface area contributed by atoms with Crippen molar-refractivity contribution in [2.45, 2.75) is 31.7 Å². The quantitative estimate of drug-likeness (QED) is 0.845. The van der Waals surface area contributed by atoms with Crippen molar-refractivity contribution in [3.8, 4) is 0 Å². The first kappa shape index (κ1) is 11.2. The van der Waals surface area contributed by atoms with Gasteiger partial charge in [0, 0.05) is 12.6 Å². The smallest absolute Gasteiger partial charge is 0.0354 e. The minimum atomic E-state index is 0.667. The molecule has 0 aromatic heterocycles. The van der Waals surface area contributed by atoms with E-state index in [1.165, 1.54) is 38.8 Å². The van der Waals surface area contributed by atoms with Gasteiger partial charge in [-0.25, -0.2) is 0 Å². The van der Waals surface area contributed by atoms with Crippen LogP contribution in [0.15, 0.2) is 24.3 Å². The molecule has 1 aromatic carbocycles. The third kappa shape index (κ3) is 2.12. The molecule has 0 amide bonds. The predicted molar refractivity (Wildman–Crippen MR) is 70.9 cm³/mol. The molecule has 2 atom stereocenters. The van der Waals surface area contributed by atoms with Gasteiger partial charge in [-0.1, -0.05) is 24.3 Å². The Morgan fingerprint density at radius 2 is 2.12 bits per heavy atom. The van der Waals surface area contributed by atoms with Crippen LogP contribution in [0.1, 0.15) is 36.4 Å². The first-order valence-electron chi connectivity index (χ1n) is 6.90. The Hall–Kier alpha value is -0.860. The maximum Gasteiger partial charge on any atom is 0.0354 e. The van der Waals surface area contributed by atoms with Crippen LogP contribution >= 0.6 is 0 Å². The fourth-order valence-corrected chi connectivity index (χ4v) is 3.49. The lowest BCUT2D eigenvalue weighted by molar-refractivity contribution is 0.125. The van der Waals surface area contributed by atoms with E-state index >= 15 is 0 Å². The topological polar surface area (TPSA) is 29.3 Å². The van der Waals surface area contributed by atoms with Gasteiger partial charge in [-0.3, -0.25) is 4.90 Å². The van der Waals surface area contributed by atoms with Crippen LogP contribution in [0.2, 0.25) is 0 Å². The van der Waals surface area contributed by atoms with Gasteiger partial charge in [0.15, 0.2) is 0 Å². The molecule has 2 N–H and O–H groups in total. The van der Waals surface area contributed by atoms with Gasteiger partial charge in [0.1, 0.15) is 0 Å². The Morgan fingerprint density at radius 3 is 3.00 bits per heavy atom. The number of piperidine rings is 1. The van der Waals surface area contributed by atoms with Gasteiger partial charge in [-0.15, -0.1) is 0 Å². The van der Waals surface area contributed by atoms with E-state index in [4.69, 9.17) is 5.73 Å². The predicted octanol–water partition coefficient (Wildman–Crippen LogP) is 2.34. The molecule has 0 spiro atoms. The third-order valence-electron chi connectivity index (χ3n) is 4.43. The number of likely N-dealkylation sites (tertiary alicyclic amines) is 1. The normalized spacial score (nSPS) is 29.2. The first-order valence-corrected chi connectivity index (χ1v) is 6.90. The SMILES string of the molecule is NCC1CCCN(C2CCc3ccccc32)C1. The molecule has 2 aliphatic rings. The Balaban J connectivity index is 1.77. The highest BCUT2D eigenvalue weighted by molar-refractivity contribution is 5.34. The Kier molecular flexibility index (Phi) is 3.17. The molecule has 3 rings (SSSR count). The van der Waals surface area contributed by atoms with Gasteiger partial charge in [0.2, 0.25) is 0 Å². The molecule has 2 unspecified atom stereocenters. The van der Waals surface area contributed by atoms with Gasteiger partial charge in [0.05, 0.1) is 0 Å². The number of hydrogen-bond donors (Lipinski definition) is 1. The zero-order valence-corrected chi connectivity index (χ0v) is 10.4. The summed E-state index contributed by atoms with van der Waals surface area (Å²) in [5.74, 6) is 0.719. The molecule has 1 aliphatic carbocycles. The Morgan fingerprint density at radius 1 is 1.24 bits per heavy atom. The van der Waals surface area contributed by atoms with E-state index in [1.54, 1.807) is 11.1 Å². The first-order chi connectivity index (χ1) is 8.38. The minimum absolute atomic E-state index is 0.667. The number of hydrogen-bond acceptors (Lipinski definition) is 2. The van der Waals surface area contributed by atoms with Crippen LogP contribution in [0, 0.1) is 5.92 Å². The largest absolute Gasteiger partial charge is 0.330 e. The second-order valence-electron chi connectivity index (χ2n) is 5.49. The van der Waals surface area contributed by atoms with Crippen LogP contribution in [-0.4, -0.2) is 24.5 Å². The van der Waals surface area contributed by atoms with Crippen molar-refractivity contribution in [3.63, 3.8) is 0 Å². The monoisotopic (exact) mass is 230 g/mol. The molecular weight excluding hydrogens is 208 g/mol. The Bertz CT molecular complexity index is 388. The minimum Gasteiger partial charge on any atom is -0.330 e. The number of nitrogens with zero attached hydrogens (tertiary/aromatic N) is 1. The van der Waals surface area contributed by atoms with E-state index in [0.717, 1.165) is 12.5 Å². The van der Waals surface area contributed by atoms with Crippen molar-refractivity contribution in [2.75, 3.05) is 19.6 Å². The van der Waals surface area contributed by atoms with Crippen molar-refractivity contribution in [1.29, 1.82) is 0 Å². The lowest BCUT2D eigenvalue weighted by Gasteiger charge is -2.36. The van der Waals surface area contributed by atoms with Gasteiger partial charge < -0.3 is 5.73 Å². The van der Waals surface area contributed by atoms with Crippen molar-refractivity contribution in [2.24, 2.45) is 11.7 Å². The standard InChI is InChI=1S/C15H22N2/c16-10-12-4-3-9-17(11-12)15-8-7-13-5-1-2-6-14(13)15/h1-2,5-6,12,15H,3-4,7-11,16H2. The Labute approximate surface area is 104 Å². The molecule has 0 radical (unpaired) electrons. The molecule has 0 bridgehead atoms. The van der Waals surface area contributed by atoms with Crippen molar-refractivity contribution >= 4 is 0 Å². The third-order valence-corrected chi connectivity index (χ3v) is 4.43. The fourth-order valence-electron chi connectivity index (χ4n) is 3.49. The molecule has 17 heavy (non-hydrogen) atoms. The summed E-state index contributed by atoms with van der Waals surface area (Å²) in [4.78, 5) is 2.67. The van der Waals surface area contributed by atoms with Crippen molar-refractivity contribution in [1.82, 2.24) is 4.90 Å². The molecule has 0 saturated carbocycles. The van der Waals surface area contributed by atoms with Crippen LogP contribution in [-0.2, 0) is 6.42 Å². The summed E-state index contributed by atoms with van der Waals surface area (Å²) in [5.41, 5.74) is 8.97. The van der Waals surface area contributed by atoms with E-state index < -0.39 is 0 Å². The summed E-state index contributed by atoms with van der Waals surface area (Å²) < 4.78 is 0. The van der Waals surface area contributed by atoms with Crippen molar-refractivity contribution in [3.05, 3.63) is 35.4 Å². The summed E-state index contributed by atoms with van der Waals surface area (Å²) >= 11 is 0. The average Bonchev–Trinajstić information content (AvgIpc) is 2.82. The summed E-state index contributed by atoms with van der Waals surface area (Å²) in [6, 6.07) is 9.63. The van der Waals surface area contributed by atoms with Gasteiger partial charge >= 0.3 is 0 Å². The highest BCUT2D eigenvalue weighted by Crippen LogP contribution is 2.37. The highest BCUT2D eigenvalue weighted by Gasteiger charge is 2.30. The van der Waals surface area contributed by atoms with Gasteiger partial charge in [-0.2, -0.15) is 0 Å². The second-order valence-corrected chi connectivity index (χ2v) is 5.49. The molecule has 1 saturated heterocycles. The summed E-state index contributed by atoms with van der Waals surface area (Å²) in [5, 5.41) is 0. The van der Waals surface area contributed by atoms with E-state index in [2.05, 4.69) is 29.2 Å². The van der Waals surface area contributed by atoms with E-state index in [1.807, 2.05) is 0 Å². The van der Waals surface area contributed by atoms with Crippen LogP contribution in [0.25, 0.3) is 0 Å². The molecule has 2 heteroatoms. The second kappa shape index (κ2) is 4.79. The maximum absolute atomic E-state index is 5.83. The maximum atomic E-state index is 5.83. The molecule has 1 aliphatic heterocycles. The van der Waals surface area contributed by atoms with Crippen LogP contribution < -0.4 is 5.73 Å². The molecular formula is C15H22N2. The summed E-state index contributed by atoms with van der Waals surface area (Å²) in [6.07, 6.45) is 5.20. The van der Waals surface area contributed by atoms with Crippen LogP contribution in [0.4, 0.5) is 0 Å². The highest BCUT2D eigenvalue weighted by atomic mass is 15.2. The number of rotatable bonds is 2. The van der Waals surface area contributed by atoms with E-state index in [0.29, 0.717) is 6.04 Å². The average molecular weight is 230 g/mol. The number of nitrogens with two attached hydrogens (primary N) is 1. The van der Waals surface area contributed by atoms with E-state index in [9.17, 15) is 0 Å². The fraction of sp³-hybridized carbons (Fsp3) is 0.600. The van der Waals surface area contributed by atoms with Crippen LogP contribution in [0.5, 0.6) is 0 Å². The van der Waals surface area contributed by atoms with Crippen molar-refractivity contribution < 1.29 is 0 Å². The molecule has 1 aromatic rings.